The largest absolute Gasteiger partial charge is 0.300 e. The third-order valence-electron chi connectivity index (χ3n) is 2.22. The van der Waals surface area contributed by atoms with Crippen LogP contribution in [-0.4, -0.2) is 5.78 Å². The summed E-state index contributed by atoms with van der Waals surface area (Å²) < 4.78 is 0. The highest BCUT2D eigenvalue weighted by Crippen LogP contribution is 2.18. The average molecular weight is 194 g/mol. The summed E-state index contributed by atoms with van der Waals surface area (Å²) >= 11 is 0. The molecular weight excluding hydrogens is 172 g/mol. The quantitative estimate of drug-likeness (QED) is 0.586. The molecule has 14 heavy (non-hydrogen) atoms. The lowest BCUT2D eigenvalue weighted by Crippen LogP contribution is -1.98. The van der Waals surface area contributed by atoms with E-state index in [9.17, 15) is 4.79 Å². The number of carbonyl (C=O) groups is 1. The van der Waals surface area contributed by atoms with Gasteiger partial charge in [-0.05, 0) is 32.6 Å². The third-order valence-corrected chi connectivity index (χ3v) is 2.22. The van der Waals surface area contributed by atoms with Crippen LogP contribution in [0.2, 0.25) is 0 Å². The Balaban J connectivity index is 4.21. The van der Waals surface area contributed by atoms with Crippen molar-refractivity contribution in [2.45, 2.75) is 47.0 Å². The molecule has 1 nitrogen and oxygen atoms in total. The molecule has 0 aliphatic heterocycles. The van der Waals surface area contributed by atoms with Crippen molar-refractivity contribution in [3.05, 3.63) is 23.8 Å². The summed E-state index contributed by atoms with van der Waals surface area (Å²) in [4.78, 5) is 10.9. The molecule has 0 atom stereocenters. The second kappa shape index (κ2) is 6.58. The van der Waals surface area contributed by atoms with Crippen molar-refractivity contribution >= 4 is 5.78 Å². The van der Waals surface area contributed by atoms with Crippen molar-refractivity contribution in [3.63, 3.8) is 0 Å². The SMILES string of the molecule is C=C(C)CC=C(CCC(C)=O)C(C)C. The summed E-state index contributed by atoms with van der Waals surface area (Å²) in [7, 11) is 0. The summed E-state index contributed by atoms with van der Waals surface area (Å²) in [6.45, 7) is 11.9. The van der Waals surface area contributed by atoms with E-state index in [-0.39, 0.29) is 5.78 Å². The van der Waals surface area contributed by atoms with Gasteiger partial charge in [0.2, 0.25) is 0 Å². The average Bonchev–Trinajstić information content (AvgIpc) is 2.02. The van der Waals surface area contributed by atoms with Crippen LogP contribution < -0.4 is 0 Å². The Kier molecular flexibility index (Phi) is 6.18. The molecule has 0 spiro atoms. The van der Waals surface area contributed by atoms with Gasteiger partial charge in [0.1, 0.15) is 5.78 Å². The molecule has 0 unspecified atom stereocenters. The summed E-state index contributed by atoms with van der Waals surface area (Å²) in [5, 5.41) is 0. The minimum absolute atomic E-state index is 0.270. The van der Waals surface area contributed by atoms with Gasteiger partial charge < -0.3 is 4.79 Å². The minimum atomic E-state index is 0.270. The van der Waals surface area contributed by atoms with Gasteiger partial charge >= 0.3 is 0 Å². The lowest BCUT2D eigenvalue weighted by Gasteiger charge is -2.10. The van der Waals surface area contributed by atoms with Gasteiger partial charge in [-0.25, -0.2) is 0 Å². The van der Waals surface area contributed by atoms with Gasteiger partial charge in [0.25, 0.3) is 0 Å². The lowest BCUT2D eigenvalue weighted by molar-refractivity contribution is -0.116. The van der Waals surface area contributed by atoms with Gasteiger partial charge in [-0.3, -0.25) is 0 Å². The highest BCUT2D eigenvalue weighted by Gasteiger charge is 2.04. The summed E-state index contributed by atoms with van der Waals surface area (Å²) in [6, 6.07) is 0. The van der Waals surface area contributed by atoms with Crippen LogP contribution in [-0.2, 0) is 4.79 Å². The van der Waals surface area contributed by atoms with E-state index in [0.717, 1.165) is 12.8 Å². The topological polar surface area (TPSA) is 17.1 Å². The number of hydrogen-bond acceptors (Lipinski definition) is 1. The van der Waals surface area contributed by atoms with Gasteiger partial charge in [-0.1, -0.05) is 37.6 Å². The zero-order chi connectivity index (χ0) is 11.1. The molecule has 0 aliphatic rings. The molecular formula is C13H22O. The van der Waals surface area contributed by atoms with Crippen molar-refractivity contribution in [2.75, 3.05) is 0 Å². The molecule has 0 aliphatic carbocycles. The predicted octanol–water partition coefficient (Wildman–Crippen LogP) is 3.90. The number of ketones is 1. The Morgan fingerprint density at radius 2 is 1.86 bits per heavy atom. The third kappa shape index (κ3) is 6.64. The zero-order valence-electron chi connectivity index (χ0n) is 9.89. The molecule has 0 heterocycles. The normalized spacial score (nSPS) is 11.9. The fraction of sp³-hybridized carbons (Fsp3) is 0.615. The molecule has 0 radical (unpaired) electrons. The van der Waals surface area contributed by atoms with E-state index in [1.165, 1.54) is 11.1 Å². The smallest absolute Gasteiger partial charge is 0.130 e. The van der Waals surface area contributed by atoms with Gasteiger partial charge in [0.05, 0.1) is 0 Å². The van der Waals surface area contributed by atoms with Crippen LogP contribution in [0.25, 0.3) is 0 Å². The molecule has 0 fully saturated rings. The van der Waals surface area contributed by atoms with Crippen LogP contribution in [0.15, 0.2) is 23.8 Å². The van der Waals surface area contributed by atoms with Crippen molar-refractivity contribution in [1.82, 2.24) is 0 Å². The minimum Gasteiger partial charge on any atom is -0.300 e. The maximum Gasteiger partial charge on any atom is 0.130 e. The van der Waals surface area contributed by atoms with Crippen molar-refractivity contribution in [2.24, 2.45) is 5.92 Å². The Bertz CT molecular complexity index is 234. The van der Waals surface area contributed by atoms with Crippen molar-refractivity contribution in [1.29, 1.82) is 0 Å². The fourth-order valence-electron chi connectivity index (χ4n) is 1.25. The zero-order valence-corrected chi connectivity index (χ0v) is 9.89. The second-order valence-corrected chi connectivity index (χ2v) is 4.30. The van der Waals surface area contributed by atoms with Crippen LogP contribution in [0.5, 0.6) is 0 Å². The van der Waals surface area contributed by atoms with E-state index >= 15 is 0 Å². The highest BCUT2D eigenvalue weighted by molar-refractivity contribution is 5.75. The lowest BCUT2D eigenvalue weighted by atomic mass is 9.95. The molecule has 0 saturated heterocycles. The Hall–Kier alpha value is -0.850. The highest BCUT2D eigenvalue weighted by atomic mass is 16.1. The molecule has 0 N–H and O–H groups in total. The molecule has 0 aromatic rings. The van der Waals surface area contributed by atoms with E-state index in [4.69, 9.17) is 0 Å². The standard InChI is InChI=1S/C13H22O/c1-10(2)6-8-13(11(3)4)9-7-12(5)14/h8,11H,1,6-7,9H2,2-5H3. The summed E-state index contributed by atoms with van der Waals surface area (Å²) in [6.07, 6.45) is 4.72. The van der Waals surface area contributed by atoms with E-state index in [0.29, 0.717) is 12.3 Å². The second-order valence-electron chi connectivity index (χ2n) is 4.30. The van der Waals surface area contributed by atoms with Gasteiger partial charge in [-0.2, -0.15) is 0 Å². The number of carbonyl (C=O) groups excluding carboxylic acids is 1. The first kappa shape index (κ1) is 13.2. The summed E-state index contributed by atoms with van der Waals surface area (Å²) in [5.74, 6) is 0.806. The molecule has 80 valence electrons. The van der Waals surface area contributed by atoms with Crippen LogP contribution >= 0.6 is 0 Å². The van der Waals surface area contributed by atoms with Crippen molar-refractivity contribution in [3.8, 4) is 0 Å². The molecule has 0 saturated carbocycles. The number of Topliss-reactive ketones (excluding diaryl/α,β-unsaturated/α-hetero) is 1. The Labute approximate surface area is 87.9 Å². The summed E-state index contributed by atoms with van der Waals surface area (Å²) in [5.41, 5.74) is 2.55. The maximum atomic E-state index is 10.9. The first-order valence-corrected chi connectivity index (χ1v) is 5.26. The first-order valence-electron chi connectivity index (χ1n) is 5.26. The molecule has 0 aromatic carbocycles. The van der Waals surface area contributed by atoms with E-state index in [1.807, 2.05) is 6.92 Å². The van der Waals surface area contributed by atoms with Crippen LogP contribution in [0, 0.1) is 5.92 Å². The molecule has 0 amide bonds. The van der Waals surface area contributed by atoms with E-state index < -0.39 is 0 Å². The fourth-order valence-corrected chi connectivity index (χ4v) is 1.25. The van der Waals surface area contributed by atoms with Gasteiger partial charge in [0, 0.05) is 6.42 Å². The van der Waals surface area contributed by atoms with Crippen LogP contribution in [0.3, 0.4) is 0 Å². The number of hydrogen-bond donors (Lipinski definition) is 0. The molecule has 0 aromatic heterocycles. The predicted molar refractivity (Wildman–Crippen MR) is 62.3 cm³/mol. The monoisotopic (exact) mass is 194 g/mol. The maximum absolute atomic E-state index is 10.9. The first-order chi connectivity index (χ1) is 6.43. The number of allylic oxidation sites excluding steroid dienone is 3. The van der Waals surface area contributed by atoms with E-state index in [2.05, 4.69) is 26.5 Å². The van der Waals surface area contributed by atoms with Crippen LogP contribution in [0.1, 0.15) is 47.0 Å². The number of rotatable bonds is 6. The molecule has 0 bridgehead atoms. The molecule has 1 heteroatoms. The van der Waals surface area contributed by atoms with E-state index in [1.54, 1.807) is 6.92 Å². The molecule has 0 rings (SSSR count). The van der Waals surface area contributed by atoms with Crippen molar-refractivity contribution < 1.29 is 4.79 Å². The Morgan fingerprint density at radius 3 is 2.21 bits per heavy atom. The van der Waals surface area contributed by atoms with Gasteiger partial charge in [0.15, 0.2) is 0 Å². The van der Waals surface area contributed by atoms with Gasteiger partial charge in [-0.15, -0.1) is 0 Å². The Morgan fingerprint density at radius 1 is 1.29 bits per heavy atom. The van der Waals surface area contributed by atoms with Crippen LogP contribution in [0.4, 0.5) is 0 Å².